The summed E-state index contributed by atoms with van der Waals surface area (Å²) in [6.07, 6.45) is 0.00226. The van der Waals surface area contributed by atoms with Gasteiger partial charge in [0.15, 0.2) is 11.7 Å². The summed E-state index contributed by atoms with van der Waals surface area (Å²) in [4.78, 5) is 21.4. The Hall–Kier alpha value is -1.14. The SMILES string of the molecule is O=C(O)C(CCc1ccc(Cl)c(F)c1Br)C(=O)O. The second-order valence-electron chi connectivity index (χ2n) is 3.60. The number of rotatable bonds is 5. The first kappa shape index (κ1) is 14.9. The van der Waals surface area contributed by atoms with Crippen molar-refractivity contribution in [3.8, 4) is 0 Å². The maximum Gasteiger partial charge on any atom is 0.317 e. The van der Waals surface area contributed by atoms with Crippen LogP contribution in [0.2, 0.25) is 5.02 Å². The molecule has 0 radical (unpaired) electrons. The summed E-state index contributed by atoms with van der Waals surface area (Å²) in [6.45, 7) is 0. The van der Waals surface area contributed by atoms with Crippen molar-refractivity contribution in [2.45, 2.75) is 12.8 Å². The van der Waals surface area contributed by atoms with E-state index in [9.17, 15) is 14.0 Å². The lowest BCUT2D eigenvalue weighted by molar-refractivity contribution is -0.154. The number of carboxylic acid groups (broad SMARTS) is 2. The molecule has 0 saturated heterocycles. The molecular weight excluding hydrogens is 330 g/mol. The van der Waals surface area contributed by atoms with Gasteiger partial charge < -0.3 is 10.2 Å². The van der Waals surface area contributed by atoms with E-state index in [2.05, 4.69) is 15.9 Å². The van der Waals surface area contributed by atoms with Crippen molar-refractivity contribution >= 4 is 39.5 Å². The molecule has 0 amide bonds. The number of aryl methyl sites for hydroxylation is 1. The lowest BCUT2D eigenvalue weighted by atomic mass is 10.00. The van der Waals surface area contributed by atoms with Crippen LogP contribution in [0.5, 0.6) is 0 Å². The Balaban J connectivity index is 2.83. The molecule has 4 nitrogen and oxygen atoms in total. The zero-order chi connectivity index (χ0) is 13.9. The highest BCUT2D eigenvalue weighted by molar-refractivity contribution is 9.10. The Labute approximate surface area is 116 Å². The highest BCUT2D eigenvalue weighted by atomic mass is 79.9. The van der Waals surface area contributed by atoms with Gasteiger partial charge in [-0.2, -0.15) is 0 Å². The topological polar surface area (TPSA) is 74.6 Å². The van der Waals surface area contributed by atoms with Gasteiger partial charge in [0.2, 0.25) is 0 Å². The van der Waals surface area contributed by atoms with E-state index in [4.69, 9.17) is 21.8 Å². The molecule has 0 aliphatic heterocycles. The van der Waals surface area contributed by atoms with E-state index in [0.717, 1.165) is 0 Å². The third-order valence-electron chi connectivity index (χ3n) is 2.41. The van der Waals surface area contributed by atoms with Crippen LogP contribution in [-0.2, 0) is 16.0 Å². The molecule has 0 aliphatic rings. The molecule has 0 atom stereocenters. The van der Waals surface area contributed by atoms with Gasteiger partial charge in [0.1, 0.15) is 0 Å². The quantitative estimate of drug-likeness (QED) is 0.639. The average molecular weight is 340 g/mol. The first-order chi connectivity index (χ1) is 8.34. The zero-order valence-corrected chi connectivity index (χ0v) is 11.3. The first-order valence-electron chi connectivity index (χ1n) is 4.92. The molecule has 1 aromatic carbocycles. The predicted molar refractivity (Wildman–Crippen MR) is 66.2 cm³/mol. The molecule has 0 unspecified atom stereocenters. The average Bonchev–Trinajstić information content (AvgIpc) is 2.28. The number of hydrogen-bond donors (Lipinski definition) is 2. The maximum atomic E-state index is 13.4. The van der Waals surface area contributed by atoms with Gasteiger partial charge in [-0.3, -0.25) is 9.59 Å². The summed E-state index contributed by atoms with van der Waals surface area (Å²) in [6, 6.07) is 2.86. The number of halogens is 3. The molecule has 0 fully saturated rings. The lowest BCUT2D eigenvalue weighted by Crippen LogP contribution is -2.23. The fourth-order valence-electron chi connectivity index (χ4n) is 1.41. The lowest BCUT2D eigenvalue weighted by Gasteiger charge is -2.09. The molecule has 18 heavy (non-hydrogen) atoms. The minimum Gasteiger partial charge on any atom is -0.481 e. The van der Waals surface area contributed by atoms with Crippen LogP contribution in [0.15, 0.2) is 16.6 Å². The van der Waals surface area contributed by atoms with Crippen LogP contribution in [-0.4, -0.2) is 22.2 Å². The number of aliphatic carboxylic acids is 2. The normalized spacial score (nSPS) is 10.7. The standard InChI is InChI=1S/C11H9BrClFO4/c12-8-5(2-4-7(13)9(8)14)1-3-6(10(15)16)11(17)18/h2,4,6H,1,3H2,(H,15,16)(H,17,18). The molecule has 0 bridgehead atoms. The molecule has 0 spiro atoms. The Bertz CT molecular complexity index is 478. The van der Waals surface area contributed by atoms with Crippen molar-refractivity contribution in [1.29, 1.82) is 0 Å². The van der Waals surface area contributed by atoms with Gasteiger partial charge in [0, 0.05) is 0 Å². The van der Waals surface area contributed by atoms with Crippen molar-refractivity contribution < 1.29 is 24.2 Å². The van der Waals surface area contributed by atoms with Crippen LogP contribution in [0, 0.1) is 11.7 Å². The van der Waals surface area contributed by atoms with E-state index in [1.54, 1.807) is 0 Å². The number of carboxylic acids is 2. The van der Waals surface area contributed by atoms with Gasteiger partial charge in [-0.25, -0.2) is 4.39 Å². The fourth-order valence-corrected chi connectivity index (χ4v) is 2.23. The summed E-state index contributed by atoms with van der Waals surface area (Å²) < 4.78 is 13.6. The molecule has 0 aliphatic carbocycles. The fraction of sp³-hybridized carbons (Fsp3) is 0.273. The number of hydrogen-bond acceptors (Lipinski definition) is 2. The van der Waals surface area contributed by atoms with Gasteiger partial charge in [-0.1, -0.05) is 17.7 Å². The van der Waals surface area contributed by atoms with Crippen LogP contribution in [0.3, 0.4) is 0 Å². The second kappa shape index (κ2) is 6.15. The number of benzene rings is 1. The van der Waals surface area contributed by atoms with Crippen molar-refractivity contribution in [3.63, 3.8) is 0 Å². The summed E-state index contributed by atoms with van der Waals surface area (Å²) in [7, 11) is 0. The van der Waals surface area contributed by atoms with Gasteiger partial charge >= 0.3 is 11.9 Å². The Morgan fingerprint density at radius 1 is 1.33 bits per heavy atom. The second-order valence-corrected chi connectivity index (χ2v) is 4.80. The summed E-state index contributed by atoms with van der Waals surface area (Å²) in [5, 5.41) is 17.3. The molecule has 2 N–H and O–H groups in total. The number of carbonyl (C=O) groups is 2. The smallest absolute Gasteiger partial charge is 0.317 e. The predicted octanol–water partition coefficient (Wildman–Crippen LogP) is 2.96. The molecule has 7 heteroatoms. The summed E-state index contributed by atoms with van der Waals surface area (Å²) in [5.74, 6) is -4.96. The molecule has 1 rings (SSSR count). The van der Waals surface area contributed by atoms with Gasteiger partial charge in [-0.15, -0.1) is 0 Å². The van der Waals surface area contributed by atoms with E-state index in [0.29, 0.717) is 5.56 Å². The molecule has 0 aromatic heterocycles. The van der Waals surface area contributed by atoms with Crippen molar-refractivity contribution in [3.05, 3.63) is 33.0 Å². The van der Waals surface area contributed by atoms with Gasteiger partial charge in [0.05, 0.1) is 9.50 Å². The monoisotopic (exact) mass is 338 g/mol. The minimum atomic E-state index is -1.50. The van der Waals surface area contributed by atoms with E-state index in [1.807, 2.05) is 0 Å². The van der Waals surface area contributed by atoms with Crippen LogP contribution in [0.4, 0.5) is 4.39 Å². The van der Waals surface area contributed by atoms with Crippen LogP contribution in [0.1, 0.15) is 12.0 Å². The van der Waals surface area contributed by atoms with Crippen molar-refractivity contribution in [1.82, 2.24) is 0 Å². The zero-order valence-electron chi connectivity index (χ0n) is 8.99. The first-order valence-corrected chi connectivity index (χ1v) is 6.09. The maximum absolute atomic E-state index is 13.4. The largest absolute Gasteiger partial charge is 0.481 e. The highest BCUT2D eigenvalue weighted by Crippen LogP contribution is 2.28. The molecular formula is C11H9BrClFO4. The molecule has 0 heterocycles. The molecule has 1 aromatic rings. The van der Waals surface area contributed by atoms with Crippen LogP contribution < -0.4 is 0 Å². The Morgan fingerprint density at radius 2 is 1.89 bits per heavy atom. The summed E-state index contributed by atoms with van der Waals surface area (Å²) >= 11 is 8.56. The van der Waals surface area contributed by atoms with E-state index in [-0.39, 0.29) is 22.3 Å². The Kier molecular flexibility index (Phi) is 5.10. The van der Waals surface area contributed by atoms with E-state index in [1.165, 1.54) is 12.1 Å². The third kappa shape index (κ3) is 3.43. The van der Waals surface area contributed by atoms with Gasteiger partial charge in [0.25, 0.3) is 0 Å². The minimum absolute atomic E-state index is 0.0568. The van der Waals surface area contributed by atoms with Crippen molar-refractivity contribution in [2.24, 2.45) is 5.92 Å². The van der Waals surface area contributed by atoms with E-state index >= 15 is 0 Å². The summed E-state index contributed by atoms with van der Waals surface area (Å²) in [5.41, 5.74) is 0.476. The van der Waals surface area contributed by atoms with Crippen molar-refractivity contribution in [2.75, 3.05) is 0 Å². The third-order valence-corrected chi connectivity index (χ3v) is 3.56. The highest BCUT2D eigenvalue weighted by Gasteiger charge is 2.25. The van der Waals surface area contributed by atoms with E-state index < -0.39 is 23.7 Å². The van der Waals surface area contributed by atoms with Gasteiger partial charge in [-0.05, 0) is 40.4 Å². The Morgan fingerprint density at radius 3 is 2.39 bits per heavy atom. The molecule has 98 valence electrons. The molecule has 0 saturated carbocycles. The van der Waals surface area contributed by atoms with Crippen LogP contribution >= 0.6 is 27.5 Å². The van der Waals surface area contributed by atoms with Crippen LogP contribution in [0.25, 0.3) is 0 Å².